The van der Waals surface area contributed by atoms with Crippen molar-refractivity contribution in [2.24, 2.45) is 0 Å². The maximum absolute atomic E-state index is 12.4. The number of hydrogen-bond donors (Lipinski definition) is 2. The van der Waals surface area contributed by atoms with E-state index in [0.717, 1.165) is 22.4 Å². The summed E-state index contributed by atoms with van der Waals surface area (Å²) in [5, 5.41) is 21.1. The Morgan fingerprint density at radius 2 is 1.92 bits per heavy atom. The van der Waals surface area contributed by atoms with Crippen molar-refractivity contribution < 1.29 is 9.90 Å². The molecule has 0 aromatic heterocycles. The second kappa shape index (κ2) is 8.84. The Morgan fingerprint density at radius 3 is 2.50 bits per heavy atom. The van der Waals surface area contributed by atoms with Gasteiger partial charge in [0.1, 0.15) is 11.6 Å². The van der Waals surface area contributed by atoms with Crippen LogP contribution in [0.5, 0.6) is 0 Å². The molecule has 2 aromatic rings. The molecule has 5 heteroatoms. The van der Waals surface area contributed by atoms with Crippen molar-refractivity contribution in [3.05, 3.63) is 64.7 Å². The summed E-state index contributed by atoms with van der Waals surface area (Å²) in [6.07, 6.45) is 1.56. The number of nitriles is 1. The molecule has 0 heterocycles. The quantitative estimate of drug-likeness (QED) is 0.620. The lowest BCUT2D eigenvalue weighted by Crippen LogP contribution is -2.20. The van der Waals surface area contributed by atoms with Crippen LogP contribution in [0, 0.1) is 25.2 Å². The van der Waals surface area contributed by atoms with E-state index in [4.69, 9.17) is 5.11 Å². The van der Waals surface area contributed by atoms with Gasteiger partial charge in [-0.25, -0.2) is 0 Å². The summed E-state index contributed by atoms with van der Waals surface area (Å²) in [5.41, 5.74) is 4.52. The summed E-state index contributed by atoms with van der Waals surface area (Å²) in [7, 11) is 1.89. The molecule has 2 rings (SSSR count). The Morgan fingerprint density at radius 1 is 1.23 bits per heavy atom. The molecule has 134 valence electrons. The third-order valence-corrected chi connectivity index (χ3v) is 4.08. The van der Waals surface area contributed by atoms with Crippen LogP contribution in [0.4, 0.5) is 11.4 Å². The first-order valence-corrected chi connectivity index (χ1v) is 8.37. The molecule has 0 atom stereocenters. The minimum atomic E-state index is -0.430. The number of carbonyl (C=O) groups excluding carboxylic acids is 1. The Labute approximate surface area is 154 Å². The van der Waals surface area contributed by atoms with Gasteiger partial charge in [-0.3, -0.25) is 4.79 Å². The Bertz CT molecular complexity index is 849. The third kappa shape index (κ3) is 4.95. The first-order chi connectivity index (χ1) is 12.4. The molecule has 1 amide bonds. The summed E-state index contributed by atoms with van der Waals surface area (Å²) in [4.78, 5) is 14.3. The standard InChI is InChI=1S/C21H23N3O2/c1-15-4-9-20(16(2)12-15)23-21(26)18(14-22)13-17-5-7-19(8-6-17)24(3)10-11-25/h4-9,12-13,25H,10-11H2,1-3H3,(H,23,26)/b18-13+. The number of likely N-dealkylation sites (N-methyl/N-ethyl adjacent to an activating group) is 1. The van der Waals surface area contributed by atoms with Gasteiger partial charge in [-0.05, 0) is 49.2 Å². The van der Waals surface area contributed by atoms with Gasteiger partial charge in [-0.15, -0.1) is 0 Å². The van der Waals surface area contributed by atoms with Gasteiger partial charge in [-0.1, -0.05) is 29.8 Å². The van der Waals surface area contributed by atoms with E-state index in [-0.39, 0.29) is 12.2 Å². The van der Waals surface area contributed by atoms with Crippen LogP contribution >= 0.6 is 0 Å². The van der Waals surface area contributed by atoms with Crippen LogP contribution in [0.3, 0.4) is 0 Å². The van der Waals surface area contributed by atoms with Crippen molar-refractivity contribution in [1.82, 2.24) is 0 Å². The monoisotopic (exact) mass is 349 g/mol. The molecule has 0 saturated heterocycles. The number of rotatable bonds is 6. The van der Waals surface area contributed by atoms with Gasteiger partial charge in [0.2, 0.25) is 0 Å². The fraction of sp³-hybridized carbons (Fsp3) is 0.238. The maximum Gasteiger partial charge on any atom is 0.266 e. The summed E-state index contributed by atoms with van der Waals surface area (Å²) in [5.74, 6) is -0.430. The number of aryl methyl sites for hydroxylation is 2. The van der Waals surface area contributed by atoms with Crippen LogP contribution < -0.4 is 10.2 Å². The molecule has 2 aromatic carbocycles. The molecule has 0 unspecified atom stereocenters. The van der Waals surface area contributed by atoms with Crippen LogP contribution in [0.2, 0.25) is 0 Å². The Kier molecular flexibility index (Phi) is 6.54. The highest BCUT2D eigenvalue weighted by molar-refractivity contribution is 6.10. The van der Waals surface area contributed by atoms with Crippen LogP contribution in [0.25, 0.3) is 6.08 Å². The molecule has 2 N–H and O–H groups in total. The Hall–Kier alpha value is -3.10. The van der Waals surface area contributed by atoms with Crippen LogP contribution in [-0.2, 0) is 4.79 Å². The van der Waals surface area contributed by atoms with Crippen LogP contribution in [0.1, 0.15) is 16.7 Å². The molecule has 0 spiro atoms. The number of benzene rings is 2. The van der Waals surface area contributed by atoms with Gasteiger partial charge in [0.25, 0.3) is 5.91 Å². The number of nitrogens with zero attached hydrogens (tertiary/aromatic N) is 2. The highest BCUT2D eigenvalue weighted by Crippen LogP contribution is 2.19. The van der Waals surface area contributed by atoms with E-state index < -0.39 is 5.91 Å². The molecular weight excluding hydrogens is 326 g/mol. The highest BCUT2D eigenvalue weighted by Gasteiger charge is 2.11. The SMILES string of the molecule is Cc1ccc(NC(=O)/C(C#N)=C/c2ccc(N(C)CCO)cc2)c(C)c1. The molecule has 0 radical (unpaired) electrons. The predicted octanol–water partition coefficient (Wildman–Crippen LogP) is 3.28. The lowest BCUT2D eigenvalue weighted by atomic mass is 10.1. The number of hydrogen-bond acceptors (Lipinski definition) is 4. The predicted molar refractivity (Wildman–Crippen MR) is 105 cm³/mol. The van der Waals surface area contributed by atoms with E-state index in [1.54, 1.807) is 6.08 Å². The Balaban J connectivity index is 2.16. The third-order valence-electron chi connectivity index (χ3n) is 4.08. The molecule has 26 heavy (non-hydrogen) atoms. The molecule has 0 aliphatic rings. The number of aliphatic hydroxyl groups excluding tert-OH is 1. The summed E-state index contributed by atoms with van der Waals surface area (Å²) >= 11 is 0. The molecule has 0 bridgehead atoms. The molecule has 0 saturated carbocycles. The van der Waals surface area contributed by atoms with E-state index in [2.05, 4.69) is 5.32 Å². The van der Waals surface area contributed by atoms with Crippen molar-refractivity contribution in [3.8, 4) is 6.07 Å². The molecule has 0 fully saturated rings. The van der Waals surface area contributed by atoms with E-state index in [0.29, 0.717) is 12.2 Å². The molecule has 0 aliphatic carbocycles. The topological polar surface area (TPSA) is 76.4 Å². The van der Waals surface area contributed by atoms with Gasteiger partial charge < -0.3 is 15.3 Å². The molecule has 0 aliphatic heterocycles. The number of nitrogens with one attached hydrogen (secondary N) is 1. The van der Waals surface area contributed by atoms with Crippen molar-refractivity contribution >= 4 is 23.4 Å². The first-order valence-electron chi connectivity index (χ1n) is 8.37. The normalized spacial score (nSPS) is 11.0. The summed E-state index contributed by atoms with van der Waals surface area (Å²) in [6.45, 7) is 4.52. The van der Waals surface area contributed by atoms with E-state index in [1.165, 1.54) is 0 Å². The number of amides is 1. The summed E-state index contributed by atoms with van der Waals surface area (Å²) < 4.78 is 0. The number of anilines is 2. The van der Waals surface area contributed by atoms with E-state index in [9.17, 15) is 10.1 Å². The van der Waals surface area contributed by atoms with Gasteiger partial charge in [0.15, 0.2) is 0 Å². The number of aliphatic hydroxyl groups is 1. The average Bonchev–Trinajstić information content (AvgIpc) is 2.62. The lowest BCUT2D eigenvalue weighted by Gasteiger charge is -2.17. The van der Waals surface area contributed by atoms with Crippen molar-refractivity contribution in [2.45, 2.75) is 13.8 Å². The fourth-order valence-corrected chi connectivity index (χ4v) is 2.56. The van der Waals surface area contributed by atoms with Crippen molar-refractivity contribution in [3.63, 3.8) is 0 Å². The zero-order valence-corrected chi connectivity index (χ0v) is 15.3. The lowest BCUT2D eigenvalue weighted by molar-refractivity contribution is -0.112. The van der Waals surface area contributed by atoms with Gasteiger partial charge in [-0.2, -0.15) is 5.26 Å². The van der Waals surface area contributed by atoms with E-state index >= 15 is 0 Å². The minimum Gasteiger partial charge on any atom is -0.395 e. The maximum atomic E-state index is 12.4. The first kappa shape index (κ1) is 19.2. The van der Waals surface area contributed by atoms with Crippen molar-refractivity contribution in [2.75, 3.05) is 30.4 Å². The zero-order valence-electron chi connectivity index (χ0n) is 15.3. The molecular formula is C21H23N3O2. The van der Waals surface area contributed by atoms with Gasteiger partial charge in [0.05, 0.1) is 6.61 Å². The smallest absolute Gasteiger partial charge is 0.266 e. The molecule has 5 nitrogen and oxygen atoms in total. The second-order valence-corrected chi connectivity index (χ2v) is 6.18. The van der Waals surface area contributed by atoms with Gasteiger partial charge in [0, 0.05) is 25.0 Å². The van der Waals surface area contributed by atoms with Crippen LogP contribution in [-0.4, -0.2) is 31.2 Å². The van der Waals surface area contributed by atoms with E-state index in [1.807, 2.05) is 74.3 Å². The van der Waals surface area contributed by atoms with Crippen molar-refractivity contribution in [1.29, 1.82) is 5.26 Å². The largest absolute Gasteiger partial charge is 0.395 e. The fourth-order valence-electron chi connectivity index (χ4n) is 2.56. The zero-order chi connectivity index (χ0) is 19.1. The second-order valence-electron chi connectivity index (χ2n) is 6.18. The average molecular weight is 349 g/mol. The number of carbonyl (C=O) groups is 1. The minimum absolute atomic E-state index is 0.0430. The summed E-state index contributed by atoms with van der Waals surface area (Å²) in [6, 6.07) is 15.1. The van der Waals surface area contributed by atoms with Gasteiger partial charge >= 0.3 is 0 Å². The van der Waals surface area contributed by atoms with Crippen LogP contribution in [0.15, 0.2) is 48.0 Å². The highest BCUT2D eigenvalue weighted by atomic mass is 16.3.